The average molecular weight is 167 g/mol. The maximum Gasteiger partial charge on any atom is 0.267 e. The minimum Gasteiger partial charge on any atom is -0.309 e. The zero-order valence-corrected chi connectivity index (χ0v) is 7.11. The number of aromatic amines is 2. The minimum atomic E-state index is -0.00120. The first kappa shape index (κ1) is 7.61. The van der Waals surface area contributed by atoms with Crippen LogP contribution >= 0.6 is 0 Å². The molecule has 4 heteroatoms. The van der Waals surface area contributed by atoms with E-state index in [2.05, 4.69) is 15.5 Å². The molecule has 1 aromatic rings. The van der Waals surface area contributed by atoms with Crippen molar-refractivity contribution in [2.45, 2.75) is 25.8 Å². The lowest BCUT2D eigenvalue weighted by Gasteiger charge is -2.07. The highest BCUT2D eigenvalue weighted by atomic mass is 16.1. The van der Waals surface area contributed by atoms with E-state index in [1.807, 2.05) is 6.92 Å². The third kappa shape index (κ3) is 1.08. The molecule has 12 heavy (non-hydrogen) atoms. The van der Waals surface area contributed by atoms with Crippen molar-refractivity contribution in [3.63, 3.8) is 0 Å². The van der Waals surface area contributed by atoms with Gasteiger partial charge in [-0.3, -0.25) is 9.89 Å². The Morgan fingerprint density at radius 2 is 2.25 bits per heavy atom. The largest absolute Gasteiger partial charge is 0.309 e. The zero-order valence-electron chi connectivity index (χ0n) is 7.11. The smallest absolute Gasteiger partial charge is 0.267 e. The van der Waals surface area contributed by atoms with Gasteiger partial charge in [0.25, 0.3) is 5.56 Å². The summed E-state index contributed by atoms with van der Waals surface area (Å²) in [5.74, 6) is 0. The number of hydrogen-bond donors (Lipinski definition) is 3. The van der Waals surface area contributed by atoms with Gasteiger partial charge in [0.2, 0.25) is 0 Å². The molecule has 0 amide bonds. The predicted molar refractivity (Wildman–Crippen MR) is 46.1 cm³/mol. The van der Waals surface area contributed by atoms with Crippen LogP contribution in [0.5, 0.6) is 0 Å². The molecule has 0 bridgehead atoms. The molecule has 4 nitrogen and oxygen atoms in total. The van der Waals surface area contributed by atoms with Crippen LogP contribution in [-0.2, 0) is 0 Å². The average Bonchev–Trinajstić information content (AvgIpc) is 2.64. The van der Waals surface area contributed by atoms with E-state index in [9.17, 15) is 4.79 Å². The molecule has 0 aromatic carbocycles. The van der Waals surface area contributed by atoms with Crippen LogP contribution < -0.4 is 10.9 Å². The fourth-order valence-corrected chi connectivity index (χ4v) is 1.71. The highest BCUT2D eigenvalue weighted by Crippen LogP contribution is 2.21. The summed E-state index contributed by atoms with van der Waals surface area (Å²) < 4.78 is 0. The molecule has 0 unspecified atom stereocenters. The monoisotopic (exact) mass is 167 g/mol. The van der Waals surface area contributed by atoms with Crippen LogP contribution in [0.2, 0.25) is 0 Å². The van der Waals surface area contributed by atoms with Crippen molar-refractivity contribution in [2.24, 2.45) is 0 Å². The second-order valence-electron chi connectivity index (χ2n) is 3.27. The summed E-state index contributed by atoms with van der Waals surface area (Å²) in [4.78, 5) is 11.1. The van der Waals surface area contributed by atoms with Gasteiger partial charge in [-0.05, 0) is 26.3 Å². The fraction of sp³-hybridized carbons (Fsp3) is 0.625. The SMILES string of the molecule is Cc1c([C@@H]2CCCN2)[nH][nH]c1=O. The van der Waals surface area contributed by atoms with Crippen LogP contribution in [0.3, 0.4) is 0 Å². The molecule has 1 fully saturated rings. The molecular formula is C8H13N3O. The highest BCUT2D eigenvalue weighted by molar-refractivity contribution is 5.18. The molecule has 2 rings (SSSR count). The van der Waals surface area contributed by atoms with Crippen LogP contribution in [0.1, 0.15) is 30.1 Å². The lowest BCUT2D eigenvalue weighted by atomic mass is 10.1. The first-order chi connectivity index (χ1) is 5.79. The van der Waals surface area contributed by atoms with Crippen molar-refractivity contribution in [1.82, 2.24) is 15.5 Å². The van der Waals surface area contributed by atoms with Gasteiger partial charge >= 0.3 is 0 Å². The number of H-pyrrole nitrogens is 2. The van der Waals surface area contributed by atoms with Crippen molar-refractivity contribution in [1.29, 1.82) is 0 Å². The molecule has 0 aliphatic carbocycles. The number of hydrogen-bond acceptors (Lipinski definition) is 2. The molecule has 1 aliphatic heterocycles. The van der Waals surface area contributed by atoms with Gasteiger partial charge in [-0.25, -0.2) is 0 Å². The van der Waals surface area contributed by atoms with Gasteiger partial charge in [-0.2, -0.15) is 0 Å². The lowest BCUT2D eigenvalue weighted by Crippen LogP contribution is -2.14. The van der Waals surface area contributed by atoms with Crippen LogP contribution in [0.4, 0.5) is 0 Å². The van der Waals surface area contributed by atoms with E-state index < -0.39 is 0 Å². The maximum absolute atomic E-state index is 11.1. The zero-order chi connectivity index (χ0) is 8.55. The van der Waals surface area contributed by atoms with Crippen molar-refractivity contribution in [3.8, 4) is 0 Å². The first-order valence-electron chi connectivity index (χ1n) is 4.29. The quantitative estimate of drug-likeness (QED) is 0.568. The molecule has 1 aromatic heterocycles. The van der Waals surface area contributed by atoms with Crippen molar-refractivity contribution < 1.29 is 0 Å². The predicted octanol–water partition coefficient (Wildman–Crippen LogP) is 0.436. The van der Waals surface area contributed by atoms with E-state index in [4.69, 9.17) is 0 Å². The molecule has 0 radical (unpaired) electrons. The fourth-order valence-electron chi connectivity index (χ4n) is 1.71. The number of aromatic nitrogens is 2. The van der Waals surface area contributed by atoms with Crippen LogP contribution in [0.15, 0.2) is 4.79 Å². The van der Waals surface area contributed by atoms with Gasteiger partial charge in [-0.1, -0.05) is 0 Å². The number of nitrogens with one attached hydrogen (secondary N) is 3. The summed E-state index contributed by atoms with van der Waals surface area (Å²) in [5.41, 5.74) is 1.84. The van der Waals surface area contributed by atoms with Gasteiger partial charge in [0.1, 0.15) is 0 Å². The third-order valence-corrected chi connectivity index (χ3v) is 2.46. The second-order valence-corrected chi connectivity index (χ2v) is 3.27. The van der Waals surface area contributed by atoms with Crippen LogP contribution in [-0.4, -0.2) is 16.7 Å². The Bertz CT molecular complexity index is 319. The van der Waals surface area contributed by atoms with Crippen LogP contribution in [0.25, 0.3) is 0 Å². The summed E-state index contributed by atoms with van der Waals surface area (Å²) >= 11 is 0. The van der Waals surface area contributed by atoms with E-state index in [0.717, 1.165) is 24.2 Å². The third-order valence-electron chi connectivity index (χ3n) is 2.46. The molecule has 1 atom stereocenters. The molecule has 3 N–H and O–H groups in total. The van der Waals surface area contributed by atoms with E-state index in [0.29, 0.717) is 6.04 Å². The Balaban J connectivity index is 2.32. The van der Waals surface area contributed by atoms with Gasteiger partial charge in [0, 0.05) is 11.6 Å². The van der Waals surface area contributed by atoms with Gasteiger partial charge in [0.05, 0.1) is 5.69 Å². The van der Waals surface area contributed by atoms with Gasteiger partial charge in [-0.15, -0.1) is 0 Å². The standard InChI is InChI=1S/C8H13N3O/c1-5-7(10-11-8(5)12)6-3-2-4-9-6/h6,9H,2-4H2,1H3,(H2,10,11,12)/t6-/m0/s1. The molecule has 1 aliphatic rings. The number of rotatable bonds is 1. The first-order valence-corrected chi connectivity index (χ1v) is 4.29. The summed E-state index contributed by atoms with van der Waals surface area (Å²) in [6.45, 7) is 2.90. The maximum atomic E-state index is 11.1. The van der Waals surface area contributed by atoms with E-state index in [-0.39, 0.29) is 5.56 Å². The molecule has 66 valence electrons. The summed E-state index contributed by atoms with van der Waals surface area (Å²) in [5, 5.41) is 8.85. The topological polar surface area (TPSA) is 60.7 Å². The molecule has 0 saturated carbocycles. The minimum absolute atomic E-state index is 0.00120. The Morgan fingerprint density at radius 3 is 2.75 bits per heavy atom. The normalized spacial score (nSPS) is 23.2. The highest BCUT2D eigenvalue weighted by Gasteiger charge is 2.20. The van der Waals surface area contributed by atoms with Gasteiger partial charge < -0.3 is 10.4 Å². The Morgan fingerprint density at radius 1 is 1.42 bits per heavy atom. The van der Waals surface area contributed by atoms with Crippen molar-refractivity contribution >= 4 is 0 Å². The second kappa shape index (κ2) is 2.79. The Kier molecular flexibility index (Phi) is 1.77. The summed E-state index contributed by atoms with van der Waals surface area (Å²) in [6.07, 6.45) is 2.31. The van der Waals surface area contributed by atoms with Crippen molar-refractivity contribution in [3.05, 3.63) is 21.6 Å². The van der Waals surface area contributed by atoms with E-state index in [1.54, 1.807) is 0 Å². The molecule has 2 heterocycles. The Labute approximate surface area is 70.4 Å². The van der Waals surface area contributed by atoms with Gasteiger partial charge in [0.15, 0.2) is 0 Å². The Hall–Kier alpha value is -1.03. The molecular weight excluding hydrogens is 154 g/mol. The molecule has 0 spiro atoms. The van der Waals surface area contributed by atoms with Crippen molar-refractivity contribution in [2.75, 3.05) is 6.54 Å². The van der Waals surface area contributed by atoms with E-state index >= 15 is 0 Å². The van der Waals surface area contributed by atoms with E-state index in [1.165, 1.54) is 6.42 Å². The summed E-state index contributed by atoms with van der Waals surface area (Å²) in [7, 11) is 0. The van der Waals surface area contributed by atoms with Crippen LogP contribution in [0, 0.1) is 6.92 Å². The molecule has 1 saturated heterocycles. The summed E-state index contributed by atoms with van der Waals surface area (Å²) in [6, 6.07) is 0.351. The lowest BCUT2D eigenvalue weighted by molar-refractivity contribution is 0.622.